The van der Waals surface area contributed by atoms with Crippen molar-refractivity contribution in [2.45, 2.75) is 24.4 Å². The van der Waals surface area contributed by atoms with Crippen molar-refractivity contribution in [1.82, 2.24) is 5.32 Å². The number of nitrogens with two attached hydrogens (primary N) is 1. The molecular formula is C7H12N2O4. The Morgan fingerprint density at radius 3 is 2.23 bits per heavy atom. The van der Waals surface area contributed by atoms with Gasteiger partial charge in [0, 0.05) is 6.04 Å². The molecule has 0 saturated carbocycles. The molecule has 1 unspecified atom stereocenters. The Hall–Kier alpha value is -1.14. The van der Waals surface area contributed by atoms with Crippen LogP contribution in [0.25, 0.3) is 0 Å². The zero-order valence-electron chi connectivity index (χ0n) is 6.99. The molecule has 1 fully saturated rings. The second kappa shape index (κ2) is 3.31. The average molecular weight is 188 g/mol. The number of nitrogens with one attached hydrogen (secondary N) is 1. The van der Waals surface area contributed by atoms with Gasteiger partial charge < -0.3 is 21.3 Å². The highest BCUT2D eigenvalue weighted by molar-refractivity contribution is 6.04. The molecule has 74 valence electrons. The molecule has 0 bridgehead atoms. The minimum atomic E-state index is -2.20. The third-order valence-electron chi connectivity index (χ3n) is 2.32. The number of carbonyl (C=O) groups is 2. The van der Waals surface area contributed by atoms with E-state index in [1.807, 2.05) is 0 Å². The molecule has 0 radical (unpaired) electrons. The lowest BCUT2D eigenvalue weighted by Crippen LogP contribution is -2.65. The first-order valence-corrected chi connectivity index (χ1v) is 3.98. The first-order valence-electron chi connectivity index (χ1n) is 3.98. The molecule has 1 rings (SSSR count). The Morgan fingerprint density at radius 2 is 1.92 bits per heavy atom. The quantitative estimate of drug-likeness (QED) is 0.405. The maximum Gasteiger partial charge on any atom is 0.337 e. The maximum atomic E-state index is 10.7. The number of carboxylic acids is 2. The minimum absolute atomic E-state index is 0.481. The Balaban J connectivity index is 2.89. The molecule has 1 aliphatic rings. The number of hydrogen-bond acceptors (Lipinski definition) is 4. The summed E-state index contributed by atoms with van der Waals surface area (Å²) in [4.78, 5) is 21.4. The average Bonchev–Trinajstić information content (AvgIpc) is 2.54. The molecule has 6 heteroatoms. The Morgan fingerprint density at radius 1 is 1.38 bits per heavy atom. The predicted octanol–water partition coefficient (Wildman–Crippen LogP) is -1.39. The SMILES string of the molecule is NC(C(=O)O)(C(=O)O)C1CCCN1. The van der Waals surface area contributed by atoms with E-state index in [1.165, 1.54) is 0 Å². The van der Waals surface area contributed by atoms with Gasteiger partial charge >= 0.3 is 11.9 Å². The summed E-state index contributed by atoms with van der Waals surface area (Å²) < 4.78 is 0. The van der Waals surface area contributed by atoms with E-state index in [-0.39, 0.29) is 0 Å². The van der Waals surface area contributed by atoms with Gasteiger partial charge in [-0.05, 0) is 19.4 Å². The summed E-state index contributed by atoms with van der Waals surface area (Å²) in [5.41, 5.74) is 3.13. The third-order valence-corrected chi connectivity index (χ3v) is 2.32. The lowest BCUT2D eigenvalue weighted by molar-refractivity contribution is -0.158. The van der Waals surface area contributed by atoms with Crippen LogP contribution in [0.3, 0.4) is 0 Å². The van der Waals surface area contributed by atoms with Crippen LogP contribution in [-0.2, 0) is 9.59 Å². The number of aliphatic carboxylic acids is 2. The molecule has 1 aliphatic heterocycles. The fourth-order valence-corrected chi connectivity index (χ4v) is 1.46. The standard InChI is InChI=1S/C7H12N2O4/c8-7(5(10)11,6(12)13)4-2-1-3-9-4/h4,9H,1-3,8H2,(H,10,11)(H,12,13). The first-order chi connectivity index (χ1) is 5.99. The molecule has 5 N–H and O–H groups in total. The van der Waals surface area contributed by atoms with Crippen molar-refractivity contribution in [3.05, 3.63) is 0 Å². The van der Waals surface area contributed by atoms with E-state index in [2.05, 4.69) is 5.32 Å². The first kappa shape index (κ1) is 9.94. The van der Waals surface area contributed by atoms with Crippen molar-refractivity contribution < 1.29 is 19.8 Å². The van der Waals surface area contributed by atoms with Crippen molar-refractivity contribution in [1.29, 1.82) is 0 Å². The monoisotopic (exact) mass is 188 g/mol. The lowest BCUT2D eigenvalue weighted by Gasteiger charge is -2.26. The summed E-state index contributed by atoms with van der Waals surface area (Å²) in [5.74, 6) is -3.00. The van der Waals surface area contributed by atoms with E-state index >= 15 is 0 Å². The highest BCUT2D eigenvalue weighted by atomic mass is 16.4. The minimum Gasteiger partial charge on any atom is -0.479 e. The normalized spacial score (nSPS) is 23.0. The van der Waals surface area contributed by atoms with Gasteiger partial charge in [-0.3, -0.25) is 0 Å². The lowest BCUT2D eigenvalue weighted by atomic mass is 9.90. The molecule has 1 heterocycles. The summed E-state index contributed by atoms with van der Waals surface area (Å²) in [6.45, 7) is 0.615. The van der Waals surface area contributed by atoms with Gasteiger partial charge in [-0.2, -0.15) is 0 Å². The highest BCUT2D eigenvalue weighted by Gasteiger charge is 2.50. The van der Waals surface area contributed by atoms with E-state index in [1.54, 1.807) is 0 Å². The van der Waals surface area contributed by atoms with E-state index < -0.39 is 23.5 Å². The summed E-state index contributed by atoms with van der Waals surface area (Å²) >= 11 is 0. The Kier molecular flexibility index (Phi) is 2.53. The molecule has 1 atom stereocenters. The molecule has 0 aromatic heterocycles. The molecule has 0 aromatic rings. The van der Waals surface area contributed by atoms with Crippen LogP contribution in [0.15, 0.2) is 0 Å². The number of carboxylic acid groups (broad SMARTS) is 2. The van der Waals surface area contributed by atoms with Crippen LogP contribution in [0, 0.1) is 0 Å². The van der Waals surface area contributed by atoms with Crippen LogP contribution in [-0.4, -0.2) is 40.3 Å². The summed E-state index contributed by atoms with van der Waals surface area (Å²) in [6.07, 6.45) is 1.24. The van der Waals surface area contributed by atoms with Gasteiger partial charge in [0.05, 0.1) is 0 Å². The van der Waals surface area contributed by atoms with Gasteiger partial charge in [-0.25, -0.2) is 9.59 Å². The number of hydrogen-bond donors (Lipinski definition) is 4. The van der Waals surface area contributed by atoms with Crippen molar-refractivity contribution in [3.63, 3.8) is 0 Å². The van der Waals surface area contributed by atoms with Gasteiger partial charge in [-0.1, -0.05) is 0 Å². The van der Waals surface area contributed by atoms with Crippen LogP contribution >= 0.6 is 0 Å². The van der Waals surface area contributed by atoms with E-state index in [0.29, 0.717) is 13.0 Å². The highest BCUT2D eigenvalue weighted by Crippen LogP contribution is 2.17. The molecule has 1 saturated heterocycles. The molecule has 0 aliphatic carbocycles. The topological polar surface area (TPSA) is 113 Å². The smallest absolute Gasteiger partial charge is 0.337 e. The van der Waals surface area contributed by atoms with Crippen molar-refractivity contribution >= 4 is 11.9 Å². The second-order valence-corrected chi connectivity index (χ2v) is 3.13. The van der Waals surface area contributed by atoms with Gasteiger partial charge in [-0.15, -0.1) is 0 Å². The second-order valence-electron chi connectivity index (χ2n) is 3.13. The van der Waals surface area contributed by atoms with Gasteiger partial charge in [0.2, 0.25) is 5.54 Å². The third kappa shape index (κ3) is 1.50. The molecule has 0 spiro atoms. The fourth-order valence-electron chi connectivity index (χ4n) is 1.46. The van der Waals surface area contributed by atoms with Gasteiger partial charge in [0.25, 0.3) is 0 Å². The maximum absolute atomic E-state index is 10.7. The Bertz CT molecular complexity index is 221. The molecule has 13 heavy (non-hydrogen) atoms. The summed E-state index contributed by atoms with van der Waals surface area (Å²) in [6, 6.07) is -0.678. The number of rotatable bonds is 3. The summed E-state index contributed by atoms with van der Waals surface area (Å²) in [5, 5.41) is 20.2. The van der Waals surface area contributed by atoms with Gasteiger partial charge in [0.15, 0.2) is 0 Å². The molecule has 0 aromatic carbocycles. The zero-order valence-corrected chi connectivity index (χ0v) is 6.99. The van der Waals surface area contributed by atoms with Crippen LogP contribution in [0.5, 0.6) is 0 Å². The molecular weight excluding hydrogens is 176 g/mol. The largest absolute Gasteiger partial charge is 0.479 e. The van der Waals surface area contributed by atoms with E-state index in [0.717, 1.165) is 6.42 Å². The summed E-state index contributed by atoms with van der Waals surface area (Å²) in [7, 11) is 0. The van der Waals surface area contributed by atoms with Crippen LogP contribution in [0.2, 0.25) is 0 Å². The van der Waals surface area contributed by atoms with Crippen molar-refractivity contribution in [3.8, 4) is 0 Å². The van der Waals surface area contributed by atoms with E-state index in [9.17, 15) is 9.59 Å². The van der Waals surface area contributed by atoms with E-state index in [4.69, 9.17) is 15.9 Å². The molecule has 0 amide bonds. The Labute approximate surface area is 74.7 Å². The van der Waals surface area contributed by atoms with Crippen LogP contribution < -0.4 is 11.1 Å². The van der Waals surface area contributed by atoms with Crippen molar-refractivity contribution in [2.75, 3.05) is 6.54 Å². The molecule has 6 nitrogen and oxygen atoms in total. The van der Waals surface area contributed by atoms with Crippen LogP contribution in [0.1, 0.15) is 12.8 Å². The zero-order chi connectivity index (χ0) is 10.1. The predicted molar refractivity (Wildman–Crippen MR) is 43.2 cm³/mol. The van der Waals surface area contributed by atoms with Crippen LogP contribution in [0.4, 0.5) is 0 Å². The van der Waals surface area contributed by atoms with Gasteiger partial charge in [0.1, 0.15) is 0 Å². The fraction of sp³-hybridized carbons (Fsp3) is 0.714. The van der Waals surface area contributed by atoms with Crippen molar-refractivity contribution in [2.24, 2.45) is 5.73 Å².